The van der Waals surface area contributed by atoms with Crippen LogP contribution in [0.1, 0.15) is 54.4 Å². The van der Waals surface area contributed by atoms with Crippen molar-refractivity contribution in [2.45, 2.75) is 66.5 Å². The molecule has 0 fully saturated rings. The van der Waals surface area contributed by atoms with E-state index in [9.17, 15) is 0 Å². The zero-order chi connectivity index (χ0) is 26.8. The molecule has 1 rings (SSSR count). The van der Waals surface area contributed by atoms with Crippen LogP contribution in [-0.2, 0) is 26.6 Å². The maximum Gasteiger partial charge on any atom is 0.500 e. The van der Waals surface area contributed by atoms with Gasteiger partial charge in [-0.25, -0.2) is 0 Å². The Labute approximate surface area is 238 Å². The zero-order valence-electron chi connectivity index (χ0n) is 23.0. The lowest BCUT2D eigenvalue weighted by atomic mass is 10.4. The van der Waals surface area contributed by atoms with Gasteiger partial charge in [-0.05, 0) is 74.0 Å². The van der Waals surface area contributed by atoms with Gasteiger partial charge in [-0.2, -0.15) is 0 Å². The lowest BCUT2D eigenvalue weighted by Crippen LogP contribution is -2.46. The molecular formula is C24H48O6S4Si2. The van der Waals surface area contributed by atoms with Crippen molar-refractivity contribution in [2.24, 2.45) is 0 Å². The van der Waals surface area contributed by atoms with E-state index in [0.717, 1.165) is 36.4 Å². The van der Waals surface area contributed by atoms with Crippen molar-refractivity contribution in [3.63, 3.8) is 0 Å². The molecule has 0 amide bonds. The van der Waals surface area contributed by atoms with Crippen molar-refractivity contribution in [1.29, 1.82) is 0 Å². The van der Waals surface area contributed by atoms with Crippen molar-refractivity contribution in [3.05, 3.63) is 36.4 Å². The lowest BCUT2D eigenvalue weighted by Gasteiger charge is -2.28. The predicted octanol–water partition coefficient (Wildman–Crippen LogP) is 8.23. The van der Waals surface area contributed by atoms with Crippen LogP contribution in [0.5, 0.6) is 0 Å². The molecule has 0 atom stereocenters. The van der Waals surface area contributed by atoms with Crippen LogP contribution in [0.2, 0.25) is 12.1 Å². The maximum absolute atomic E-state index is 5.90. The average Bonchev–Trinajstić information content (AvgIpc) is 2.88. The standard InChI is InChI=1S/C18H42O6S4Si2.C6H6/c1-7-19-29(20-8-2,21-9-3)17-13-15-25-27-28-26-16-14-18-30(22-10-4,23-11-5)24-12-6;1-2-4-6-5-3-1/h7-18H2,1-6H3;1-6H. The molecule has 0 aliphatic heterocycles. The molecule has 0 N–H and O–H groups in total. The number of benzene rings is 1. The molecule has 36 heavy (non-hydrogen) atoms. The van der Waals surface area contributed by atoms with Crippen LogP contribution in [0.3, 0.4) is 0 Å². The Balaban J connectivity index is 0.00000176. The molecule has 12 heteroatoms. The molecule has 1 aromatic rings. The van der Waals surface area contributed by atoms with Gasteiger partial charge in [0.2, 0.25) is 0 Å². The number of hydrogen-bond acceptors (Lipinski definition) is 10. The van der Waals surface area contributed by atoms with E-state index < -0.39 is 17.6 Å². The second-order valence-electron chi connectivity index (χ2n) is 7.11. The molecule has 212 valence electrons. The highest BCUT2D eigenvalue weighted by Gasteiger charge is 2.40. The zero-order valence-corrected chi connectivity index (χ0v) is 28.3. The fourth-order valence-electron chi connectivity index (χ4n) is 3.19. The van der Waals surface area contributed by atoms with Crippen molar-refractivity contribution in [1.82, 2.24) is 0 Å². The third-order valence-electron chi connectivity index (χ3n) is 4.40. The second-order valence-corrected chi connectivity index (χ2v) is 18.8. The monoisotopic (exact) mass is 616 g/mol. The molecule has 0 heterocycles. The van der Waals surface area contributed by atoms with E-state index in [-0.39, 0.29) is 0 Å². The number of rotatable bonds is 23. The van der Waals surface area contributed by atoms with Gasteiger partial charge in [-0.15, -0.1) is 0 Å². The Morgan fingerprint density at radius 1 is 0.444 bits per heavy atom. The molecule has 0 spiro atoms. The smallest absolute Gasteiger partial charge is 0.374 e. The van der Waals surface area contributed by atoms with E-state index in [1.807, 2.05) is 119 Å². The number of hydrogen-bond donors (Lipinski definition) is 0. The Hall–Kier alpha value is 0.814. The molecule has 0 aliphatic rings. The van der Waals surface area contributed by atoms with E-state index in [1.54, 1.807) is 0 Å². The first-order valence-electron chi connectivity index (χ1n) is 13.0. The van der Waals surface area contributed by atoms with Crippen LogP contribution in [-0.4, -0.2) is 68.8 Å². The van der Waals surface area contributed by atoms with E-state index in [1.165, 1.54) is 0 Å². The first kappa shape index (κ1) is 36.8. The van der Waals surface area contributed by atoms with Crippen molar-refractivity contribution in [3.8, 4) is 0 Å². The molecule has 0 aromatic heterocycles. The summed E-state index contributed by atoms with van der Waals surface area (Å²) in [4.78, 5) is 0. The van der Waals surface area contributed by atoms with E-state index >= 15 is 0 Å². The van der Waals surface area contributed by atoms with E-state index in [2.05, 4.69) is 0 Å². The molecule has 0 saturated carbocycles. The first-order valence-corrected chi connectivity index (χ1v) is 22.0. The van der Waals surface area contributed by atoms with Crippen LogP contribution in [0.25, 0.3) is 0 Å². The summed E-state index contributed by atoms with van der Waals surface area (Å²) in [6.07, 6.45) is 2.08. The van der Waals surface area contributed by atoms with Gasteiger partial charge >= 0.3 is 17.6 Å². The minimum Gasteiger partial charge on any atom is -0.374 e. The summed E-state index contributed by atoms with van der Waals surface area (Å²) in [7, 11) is 2.48. The summed E-state index contributed by atoms with van der Waals surface area (Å²) >= 11 is 0. The summed E-state index contributed by atoms with van der Waals surface area (Å²) in [5.41, 5.74) is 0. The normalized spacial score (nSPS) is 11.8. The summed E-state index contributed by atoms with van der Waals surface area (Å²) in [5.74, 6) is 2.13. The lowest BCUT2D eigenvalue weighted by molar-refractivity contribution is 0.0704. The molecule has 6 nitrogen and oxygen atoms in total. The summed E-state index contributed by atoms with van der Waals surface area (Å²) in [6, 6.07) is 13.8. The molecular weight excluding hydrogens is 569 g/mol. The largest absolute Gasteiger partial charge is 0.500 e. The quantitative estimate of drug-likeness (QED) is 0.0683. The predicted molar refractivity (Wildman–Crippen MR) is 167 cm³/mol. The van der Waals surface area contributed by atoms with Gasteiger partial charge in [-0.3, -0.25) is 0 Å². The highest BCUT2D eigenvalue weighted by molar-refractivity contribution is 9.26. The Morgan fingerprint density at radius 2 is 0.694 bits per heavy atom. The Bertz CT molecular complexity index is 486. The van der Waals surface area contributed by atoms with Crippen LogP contribution >= 0.6 is 41.2 Å². The highest BCUT2D eigenvalue weighted by atomic mass is 33.7. The molecule has 0 bridgehead atoms. The van der Waals surface area contributed by atoms with Crippen LogP contribution in [0.4, 0.5) is 0 Å². The van der Waals surface area contributed by atoms with Crippen LogP contribution in [0, 0.1) is 0 Å². The minimum atomic E-state index is -2.49. The van der Waals surface area contributed by atoms with Gasteiger partial charge < -0.3 is 26.6 Å². The molecule has 0 aliphatic carbocycles. The second kappa shape index (κ2) is 26.1. The topological polar surface area (TPSA) is 55.4 Å². The minimum absolute atomic E-state index is 0.640. The fraction of sp³-hybridized carbons (Fsp3) is 0.750. The van der Waals surface area contributed by atoms with Gasteiger partial charge in [0, 0.05) is 63.2 Å². The third kappa shape index (κ3) is 19.0. The van der Waals surface area contributed by atoms with Crippen LogP contribution < -0.4 is 0 Å². The van der Waals surface area contributed by atoms with Crippen molar-refractivity contribution >= 4 is 58.8 Å². The average molecular weight is 617 g/mol. The van der Waals surface area contributed by atoms with Crippen molar-refractivity contribution in [2.75, 3.05) is 51.1 Å². The maximum atomic E-state index is 5.90. The molecule has 1 aromatic carbocycles. The Morgan fingerprint density at radius 3 is 0.917 bits per heavy atom. The van der Waals surface area contributed by atoms with Crippen molar-refractivity contribution < 1.29 is 26.6 Å². The fourth-order valence-corrected chi connectivity index (χ4v) is 15.1. The summed E-state index contributed by atoms with van der Waals surface area (Å²) in [5, 5.41) is 0. The summed E-state index contributed by atoms with van der Waals surface area (Å²) < 4.78 is 35.4. The molecule has 0 radical (unpaired) electrons. The van der Waals surface area contributed by atoms with Gasteiger partial charge in [-0.1, -0.05) is 58.0 Å². The van der Waals surface area contributed by atoms with Gasteiger partial charge in [0.15, 0.2) is 0 Å². The SMILES string of the molecule is CCO[Si](CCCSSSSCCC[Si](OCC)(OCC)OCC)(OCC)OCC.c1ccccc1. The third-order valence-corrected chi connectivity index (χ3v) is 17.3. The van der Waals surface area contributed by atoms with Gasteiger partial charge in [0.25, 0.3) is 0 Å². The summed E-state index contributed by atoms with van der Waals surface area (Å²) in [6.45, 7) is 15.8. The molecule has 0 saturated heterocycles. The Kier molecular flexibility index (Phi) is 26.6. The van der Waals surface area contributed by atoms with E-state index in [4.69, 9.17) is 26.6 Å². The molecule has 0 unspecified atom stereocenters. The first-order chi connectivity index (χ1) is 17.6. The van der Waals surface area contributed by atoms with Crippen LogP contribution in [0.15, 0.2) is 36.4 Å². The van der Waals surface area contributed by atoms with Gasteiger partial charge in [0.1, 0.15) is 0 Å². The highest BCUT2D eigenvalue weighted by Crippen LogP contribution is 2.44. The van der Waals surface area contributed by atoms with Gasteiger partial charge in [0.05, 0.1) is 0 Å². The van der Waals surface area contributed by atoms with E-state index in [0.29, 0.717) is 39.6 Å².